The van der Waals surface area contributed by atoms with Crippen LogP contribution in [-0.4, -0.2) is 15.2 Å². The number of benzene rings is 1. The minimum atomic E-state index is -4.53. The summed E-state index contributed by atoms with van der Waals surface area (Å²) in [7, 11) is 0. The lowest BCUT2D eigenvalue weighted by molar-refractivity contribution is -0.137. The summed E-state index contributed by atoms with van der Waals surface area (Å²) >= 11 is 0. The van der Waals surface area contributed by atoms with Crippen LogP contribution >= 0.6 is 0 Å². The molecule has 1 heterocycles. The van der Waals surface area contributed by atoms with Crippen molar-refractivity contribution in [1.29, 1.82) is 0 Å². The lowest BCUT2D eigenvalue weighted by atomic mass is 10.1. The predicted molar refractivity (Wildman–Crippen MR) is 60.9 cm³/mol. The molecule has 1 aromatic carbocycles. The molecule has 7 heteroatoms. The molecule has 0 atom stereocenters. The first-order valence-corrected chi connectivity index (χ1v) is 5.58. The minimum Gasteiger partial charge on any atom is -0.262 e. The van der Waals surface area contributed by atoms with E-state index in [0.29, 0.717) is 18.0 Å². The first kappa shape index (κ1) is 13.5. The molecule has 0 saturated carbocycles. The quantitative estimate of drug-likeness (QED) is 0.846. The number of hydrogen-bond acceptors (Lipinski definition) is 2. The van der Waals surface area contributed by atoms with Crippen LogP contribution in [0.15, 0.2) is 18.2 Å². The average Bonchev–Trinajstić information content (AvgIpc) is 2.77. The molecular weight excluding hydrogens is 262 g/mol. The van der Waals surface area contributed by atoms with E-state index >= 15 is 0 Å². The number of aromatic amines is 1. The fraction of sp³-hybridized carbons (Fsp3) is 0.333. The van der Waals surface area contributed by atoms with Crippen molar-refractivity contribution in [2.24, 2.45) is 0 Å². The summed E-state index contributed by atoms with van der Waals surface area (Å²) in [5, 5.41) is 6.33. The molecule has 1 aromatic heterocycles. The van der Waals surface area contributed by atoms with E-state index in [1.54, 1.807) is 0 Å². The van der Waals surface area contributed by atoms with Crippen molar-refractivity contribution in [2.75, 3.05) is 0 Å². The number of halogens is 4. The van der Waals surface area contributed by atoms with Gasteiger partial charge in [0.1, 0.15) is 11.6 Å². The van der Waals surface area contributed by atoms with Crippen molar-refractivity contribution < 1.29 is 17.6 Å². The highest BCUT2D eigenvalue weighted by Gasteiger charge is 2.31. The van der Waals surface area contributed by atoms with Crippen LogP contribution in [0, 0.1) is 5.82 Å². The van der Waals surface area contributed by atoms with Crippen LogP contribution in [-0.2, 0) is 6.18 Å². The molecule has 0 spiro atoms. The van der Waals surface area contributed by atoms with Crippen molar-refractivity contribution in [3.63, 3.8) is 0 Å². The van der Waals surface area contributed by atoms with E-state index in [1.807, 2.05) is 13.8 Å². The Bertz CT molecular complexity index is 587. The molecule has 0 bridgehead atoms. The van der Waals surface area contributed by atoms with Gasteiger partial charge >= 0.3 is 6.18 Å². The maximum Gasteiger partial charge on any atom is 0.416 e. The second kappa shape index (κ2) is 4.64. The van der Waals surface area contributed by atoms with Crippen LogP contribution < -0.4 is 0 Å². The Morgan fingerprint density at radius 3 is 2.42 bits per heavy atom. The fourth-order valence-electron chi connectivity index (χ4n) is 1.53. The first-order valence-electron chi connectivity index (χ1n) is 5.58. The Kier molecular flexibility index (Phi) is 3.30. The van der Waals surface area contributed by atoms with E-state index in [4.69, 9.17) is 0 Å². The maximum absolute atomic E-state index is 13.6. The number of H-pyrrole nitrogens is 1. The van der Waals surface area contributed by atoms with E-state index in [0.717, 1.165) is 6.07 Å². The molecule has 0 amide bonds. The van der Waals surface area contributed by atoms with Crippen LogP contribution in [0.2, 0.25) is 0 Å². The van der Waals surface area contributed by atoms with Gasteiger partial charge in [-0.25, -0.2) is 9.37 Å². The van der Waals surface area contributed by atoms with Crippen LogP contribution in [0.1, 0.15) is 31.2 Å². The van der Waals surface area contributed by atoms with Gasteiger partial charge in [-0.1, -0.05) is 13.8 Å². The molecule has 2 aromatic rings. The van der Waals surface area contributed by atoms with E-state index in [1.165, 1.54) is 0 Å². The standard InChI is InChI=1S/C12H11F4N3/c1-6(2)10-17-11(19-18-10)8-5-7(12(14,15)16)3-4-9(8)13/h3-6H,1-2H3,(H,17,18,19). The largest absolute Gasteiger partial charge is 0.416 e. The van der Waals surface area contributed by atoms with Crippen molar-refractivity contribution in [1.82, 2.24) is 15.2 Å². The third-order valence-electron chi connectivity index (χ3n) is 2.58. The van der Waals surface area contributed by atoms with Crippen LogP contribution in [0.5, 0.6) is 0 Å². The molecule has 0 aliphatic heterocycles. The van der Waals surface area contributed by atoms with E-state index in [2.05, 4.69) is 15.2 Å². The number of nitrogens with zero attached hydrogens (tertiary/aromatic N) is 2. The normalized spacial score (nSPS) is 12.2. The summed E-state index contributed by atoms with van der Waals surface area (Å²) in [6, 6.07) is 2.17. The Morgan fingerprint density at radius 1 is 1.21 bits per heavy atom. The SMILES string of the molecule is CC(C)c1nc(-c2cc(C(F)(F)F)ccc2F)n[nH]1. The molecule has 2 rings (SSSR count). The minimum absolute atomic E-state index is 0.0232. The molecule has 3 nitrogen and oxygen atoms in total. The first-order chi connectivity index (χ1) is 8.79. The predicted octanol–water partition coefficient (Wildman–Crippen LogP) is 3.75. The van der Waals surface area contributed by atoms with Gasteiger partial charge in [0, 0.05) is 5.92 Å². The summed E-state index contributed by atoms with van der Waals surface area (Å²) in [6.45, 7) is 3.68. The maximum atomic E-state index is 13.6. The molecule has 0 unspecified atom stereocenters. The Morgan fingerprint density at radius 2 is 1.89 bits per heavy atom. The number of hydrogen-bond donors (Lipinski definition) is 1. The number of nitrogens with one attached hydrogen (secondary N) is 1. The van der Waals surface area contributed by atoms with Gasteiger partial charge in [-0.05, 0) is 18.2 Å². The second-order valence-electron chi connectivity index (χ2n) is 4.39. The summed E-state index contributed by atoms with van der Waals surface area (Å²) in [6.07, 6.45) is -4.53. The van der Waals surface area contributed by atoms with Crippen molar-refractivity contribution in [2.45, 2.75) is 25.9 Å². The Balaban J connectivity index is 2.48. The van der Waals surface area contributed by atoms with Gasteiger partial charge in [0.2, 0.25) is 0 Å². The second-order valence-corrected chi connectivity index (χ2v) is 4.39. The zero-order valence-corrected chi connectivity index (χ0v) is 10.2. The molecular formula is C12H11F4N3. The Labute approximate surface area is 106 Å². The average molecular weight is 273 g/mol. The highest BCUT2D eigenvalue weighted by molar-refractivity contribution is 5.57. The number of alkyl halides is 3. The molecule has 19 heavy (non-hydrogen) atoms. The van der Waals surface area contributed by atoms with Gasteiger partial charge in [0.25, 0.3) is 0 Å². The van der Waals surface area contributed by atoms with Gasteiger partial charge in [0.15, 0.2) is 5.82 Å². The lowest BCUT2D eigenvalue weighted by Gasteiger charge is -2.07. The molecule has 102 valence electrons. The molecule has 0 aliphatic carbocycles. The molecule has 0 aliphatic rings. The van der Waals surface area contributed by atoms with Crippen LogP contribution in [0.4, 0.5) is 17.6 Å². The summed E-state index contributed by atoms with van der Waals surface area (Å²) in [4.78, 5) is 3.99. The number of rotatable bonds is 2. The van der Waals surface area contributed by atoms with Gasteiger partial charge in [-0.15, -0.1) is 0 Å². The van der Waals surface area contributed by atoms with E-state index in [-0.39, 0.29) is 17.3 Å². The molecule has 0 fully saturated rings. The molecule has 1 N–H and O–H groups in total. The third-order valence-corrected chi connectivity index (χ3v) is 2.58. The van der Waals surface area contributed by atoms with Crippen molar-refractivity contribution in [3.05, 3.63) is 35.4 Å². The summed E-state index contributed by atoms with van der Waals surface area (Å²) in [5.41, 5.74) is -1.20. The lowest BCUT2D eigenvalue weighted by Crippen LogP contribution is -2.05. The zero-order chi connectivity index (χ0) is 14.2. The fourth-order valence-corrected chi connectivity index (χ4v) is 1.53. The van der Waals surface area contributed by atoms with Gasteiger partial charge in [-0.2, -0.15) is 18.3 Å². The van der Waals surface area contributed by atoms with Crippen LogP contribution in [0.25, 0.3) is 11.4 Å². The third kappa shape index (κ3) is 2.74. The van der Waals surface area contributed by atoms with Gasteiger partial charge in [-0.3, -0.25) is 5.10 Å². The highest BCUT2D eigenvalue weighted by atomic mass is 19.4. The smallest absolute Gasteiger partial charge is 0.262 e. The topological polar surface area (TPSA) is 41.6 Å². The number of aromatic nitrogens is 3. The zero-order valence-electron chi connectivity index (χ0n) is 10.2. The van der Waals surface area contributed by atoms with Crippen molar-refractivity contribution in [3.8, 4) is 11.4 Å². The summed E-state index contributed by atoms with van der Waals surface area (Å²) in [5.74, 6) is -0.350. The van der Waals surface area contributed by atoms with Crippen molar-refractivity contribution >= 4 is 0 Å². The van der Waals surface area contributed by atoms with Crippen LogP contribution in [0.3, 0.4) is 0 Å². The Hall–Kier alpha value is -1.92. The molecule has 0 radical (unpaired) electrons. The summed E-state index contributed by atoms with van der Waals surface area (Å²) < 4.78 is 51.3. The van der Waals surface area contributed by atoms with Gasteiger partial charge < -0.3 is 0 Å². The van der Waals surface area contributed by atoms with E-state index < -0.39 is 17.6 Å². The monoisotopic (exact) mass is 273 g/mol. The molecule has 0 saturated heterocycles. The highest BCUT2D eigenvalue weighted by Crippen LogP contribution is 2.32. The van der Waals surface area contributed by atoms with E-state index in [9.17, 15) is 17.6 Å². The van der Waals surface area contributed by atoms with Gasteiger partial charge in [0.05, 0.1) is 11.1 Å².